The first kappa shape index (κ1) is 16.4. The van der Waals surface area contributed by atoms with Crippen LogP contribution >= 0.6 is 12.4 Å². The molecule has 0 aliphatic carbocycles. The van der Waals surface area contributed by atoms with E-state index in [1.54, 1.807) is 16.9 Å². The summed E-state index contributed by atoms with van der Waals surface area (Å²) in [6.45, 7) is -0.469. The number of para-hydroxylation sites is 1. The van der Waals surface area contributed by atoms with Crippen molar-refractivity contribution in [1.82, 2.24) is 15.1 Å². The van der Waals surface area contributed by atoms with Gasteiger partial charge in [-0.05, 0) is 12.1 Å². The zero-order valence-electron chi connectivity index (χ0n) is 11.5. The van der Waals surface area contributed by atoms with Gasteiger partial charge in [0.1, 0.15) is 0 Å². The van der Waals surface area contributed by atoms with Crippen LogP contribution in [-0.2, 0) is 4.79 Å². The number of rotatable bonds is 3. The lowest BCUT2D eigenvalue weighted by molar-refractivity contribution is -0.118. The van der Waals surface area contributed by atoms with Crippen LogP contribution in [0.25, 0.3) is 5.69 Å². The van der Waals surface area contributed by atoms with E-state index in [2.05, 4.69) is 15.7 Å². The van der Waals surface area contributed by atoms with Gasteiger partial charge < -0.3 is 5.32 Å². The number of alkyl halides is 2. The van der Waals surface area contributed by atoms with Gasteiger partial charge in [-0.25, -0.2) is 13.5 Å². The number of hydrogen-bond acceptors (Lipinski definition) is 3. The van der Waals surface area contributed by atoms with Gasteiger partial charge in [0.15, 0.2) is 5.82 Å². The van der Waals surface area contributed by atoms with Crippen LogP contribution in [0.1, 0.15) is 6.42 Å². The fourth-order valence-corrected chi connectivity index (χ4v) is 2.23. The van der Waals surface area contributed by atoms with Crippen LogP contribution in [0.4, 0.5) is 14.6 Å². The summed E-state index contributed by atoms with van der Waals surface area (Å²) in [6.07, 6.45) is 1.21. The highest BCUT2D eigenvalue weighted by Crippen LogP contribution is 2.25. The van der Waals surface area contributed by atoms with Crippen molar-refractivity contribution in [2.24, 2.45) is 0 Å². The third-order valence-corrected chi connectivity index (χ3v) is 3.29. The topological polar surface area (TPSA) is 59.0 Å². The summed E-state index contributed by atoms with van der Waals surface area (Å²) < 4.78 is 27.7. The van der Waals surface area contributed by atoms with Gasteiger partial charge in [-0.2, -0.15) is 5.10 Å². The van der Waals surface area contributed by atoms with Crippen LogP contribution in [0.15, 0.2) is 42.6 Å². The highest BCUT2D eigenvalue weighted by Gasteiger charge is 2.42. The molecule has 1 aromatic heterocycles. The van der Waals surface area contributed by atoms with E-state index in [-0.39, 0.29) is 12.4 Å². The number of halogens is 3. The van der Waals surface area contributed by atoms with Crippen molar-refractivity contribution in [1.29, 1.82) is 0 Å². The molecule has 1 aliphatic rings. The third-order valence-electron chi connectivity index (χ3n) is 3.29. The van der Waals surface area contributed by atoms with Crippen molar-refractivity contribution >= 4 is 24.1 Å². The summed E-state index contributed by atoms with van der Waals surface area (Å²) >= 11 is 0. The summed E-state index contributed by atoms with van der Waals surface area (Å²) in [5.74, 6) is -2.99. The average molecular weight is 329 g/mol. The van der Waals surface area contributed by atoms with Crippen molar-refractivity contribution in [3.63, 3.8) is 0 Å². The largest absolute Gasteiger partial charge is 0.308 e. The maximum Gasteiger partial charge on any atom is 0.262 e. The molecular weight excluding hydrogens is 314 g/mol. The number of nitrogens with one attached hydrogen (secondary N) is 2. The molecule has 1 aliphatic heterocycles. The molecule has 2 heterocycles. The van der Waals surface area contributed by atoms with Crippen molar-refractivity contribution in [3.05, 3.63) is 42.6 Å². The predicted molar refractivity (Wildman–Crippen MR) is 80.8 cm³/mol. The summed E-state index contributed by atoms with van der Waals surface area (Å²) in [7, 11) is 0. The monoisotopic (exact) mass is 328 g/mol. The van der Waals surface area contributed by atoms with Gasteiger partial charge in [-0.1, -0.05) is 18.2 Å². The minimum absolute atomic E-state index is 0. The lowest BCUT2D eigenvalue weighted by Gasteiger charge is -2.09. The SMILES string of the molecule is Cl.O=C(Nc1ccn(-c2ccccc2)n1)C1CC(F)(F)CN1. The zero-order chi connectivity index (χ0) is 14.9. The predicted octanol–water partition coefficient (Wildman–Crippen LogP) is 2.23. The number of aromatic nitrogens is 2. The molecule has 2 N–H and O–H groups in total. The van der Waals surface area contributed by atoms with E-state index < -0.39 is 30.8 Å². The van der Waals surface area contributed by atoms with E-state index in [0.29, 0.717) is 5.82 Å². The van der Waals surface area contributed by atoms with Gasteiger partial charge in [-0.15, -0.1) is 12.4 Å². The van der Waals surface area contributed by atoms with Crippen molar-refractivity contribution in [2.75, 3.05) is 11.9 Å². The smallest absolute Gasteiger partial charge is 0.262 e. The first-order valence-corrected chi connectivity index (χ1v) is 6.57. The summed E-state index contributed by atoms with van der Waals surface area (Å²) in [5, 5.41) is 9.25. The fraction of sp³-hybridized carbons (Fsp3) is 0.286. The van der Waals surface area contributed by atoms with E-state index in [9.17, 15) is 13.6 Å². The highest BCUT2D eigenvalue weighted by atomic mass is 35.5. The maximum absolute atomic E-state index is 13.1. The lowest BCUT2D eigenvalue weighted by Crippen LogP contribution is -2.35. The number of benzene rings is 1. The Labute approximate surface area is 132 Å². The molecule has 1 fully saturated rings. The molecule has 1 saturated heterocycles. The Balaban J connectivity index is 0.00000176. The number of amides is 1. The molecule has 2 aromatic rings. The average Bonchev–Trinajstić information content (AvgIpc) is 3.06. The first-order valence-electron chi connectivity index (χ1n) is 6.57. The van der Waals surface area contributed by atoms with Crippen LogP contribution in [0.5, 0.6) is 0 Å². The Bertz CT molecular complexity index is 647. The molecule has 22 heavy (non-hydrogen) atoms. The molecule has 1 amide bonds. The summed E-state index contributed by atoms with van der Waals surface area (Å²) in [5.41, 5.74) is 0.850. The van der Waals surface area contributed by atoms with E-state index in [0.717, 1.165) is 5.69 Å². The van der Waals surface area contributed by atoms with Crippen LogP contribution in [0.2, 0.25) is 0 Å². The van der Waals surface area contributed by atoms with Crippen molar-refractivity contribution < 1.29 is 13.6 Å². The normalized spacial score (nSPS) is 19.5. The summed E-state index contributed by atoms with van der Waals surface area (Å²) in [4.78, 5) is 11.9. The van der Waals surface area contributed by atoms with E-state index in [4.69, 9.17) is 0 Å². The lowest BCUT2D eigenvalue weighted by atomic mass is 10.2. The summed E-state index contributed by atoms with van der Waals surface area (Å²) in [6, 6.07) is 10.1. The Kier molecular flexibility index (Phi) is 4.77. The molecule has 3 rings (SSSR count). The molecular formula is C14H15ClF2N4O. The fourth-order valence-electron chi connectivity index (χ4n) is 2.23. The maximum atomic E-state index is 13.1. The molecule has 1 aromatic carbocycles. The Hall–Kier alpha value is -1.99. The van der Waals surface area contributed by atoms with Crippen LogP contribution in [0.3, 0.4) is 0 Å². The molecule has 118 valence electrons. The van der Waals surface area contributed by atoms with E-state index >= 15 is 0 Å². The molecule has 0 radical (unpaired) electrons. The number of nitrogens with zero attached hydrogens (tertiary/aromatic N) is 2. The Morgan fingerprint density at radius 2 is 2.05 bits per heavy atom. The number of carbonyl (C=O) groups excluding carboxylic acids is 1. The molecule has 5 nitrogen and oxygen atoms in total. The standard InChI is InChI=1S/C14H14F2N4O.ClH/c15-14(16)8-11(17-9-14)13(21)18-12-6-7-20(19-12)10-4-2-1-3-5-10;/h1-7,11,17H,8-9H2,(H,18,19,21);1H. The molecule has 8 heteroatoms. The molecule has 1 atom stereocenters. The van der Waals surface area contributed by atoms with Gasteiger partial charge in [-0.3, -0.25) is 10.1 Å². The Morgan fingerprint density at radius 3 is 2.68 bits per heavy atom. The molecule has 0 bridgehead atoms. The minimum Gasteiger partial charge on any atom is -0.308 e. The van der Waals surface area contributed by atoms with Crippen LogP contribution in [0, 0.1) is 0 Å². The van der Waals surface area contributed by atoms with Crippen LogP contribution < -0.4 is 10.6 Å². The second-order valence-corrected chi connectivity index (χ2v) is 4.96. The second kappa shape index (κ2) is 6.41. The van der Waals surface area contributed by atoms with Gasteiger partial charge >= 0.3 is 0 Å². The Morgan fingerprint density at radius 1 is 1.32 bits per heavy atom. The molecule has 0 spiro atoms. The van der Waals surface area contributed by atoms with E-state index in [1.807, 2.05) is 30.3 Å². The number of carbonyl (C=O) groups is 1. The molecule has 0 saturated carbocycles. The minimum atomic E-state index is -2.83. The third kappa shape index (κ3) is 3.61. The second-order valence-electron chi connectivity index (χ2n) is 4.96. The number of hydrogen-bond donors (Lipinski definition) is 2. The van der Waals surface area contributed by atoms with Crippen molar-refractivity contribution in [3.8, 4) is 5.69 Å². The van der Waals surface area contributed by atoms with Gasteiger partial charge in [0.25, 0.3) is 5.92 Å². The zero-order valence-corrected chi connectivity index (χ0v) is 12.3. The van der Waals surface area contributed by atoms with Crippen LogP contribution in [-0.4, -0.2) is 34.2 Å². The van der Waals surface area contributed by atoms with E-state index in [1.165, 1.54) is 0 Å². The molecule has 1 unspecified atom stereocenters. The quantitative estimate of drug-likeness (QED) is 0.908. The van der Waals surface area contributed by atoms with Gasteiger partial charge in [0.2, 0.25) is 5.91 Å². The van der Waals surface area contributed by atoms with Gasteiger partial charge in [0, 0.05) is 18.7 Å². The van der Waals surface area contributed by atoms with Crippen molar-refractivity contribution in [2.45, 2.75) is 18.4 Å². The van der Waals surface area contributed by atoms with Gasteiger partial charge in [0.05, 0.1) is 18.3 Å². The highest BCUT2D eigenvalue weighted by molar-refractivity contribution is 5.94. The number of anilines is 1. The first-order chi connectivity index (χ1) is 10.0.